The molecule has 162 valence electrons. The number of aromatic nitrogens is 3. The van der Waals surface area contributed by atoms with Crippen molar-refractivity contribution in [2.45, 2.75) is 32.8 Å². The Balaban J connectivity index is 1.44. The molecular weight excluding hydrogens is 418 g/mol. The predicted octanol–water partition coefficient (Wildman–Crippen LogP) is 2.56. The van der Waals surface area contributed by atoms with Gasteiger partial charge in [0.15, 0.2) is 16.0 Å². The van der Waals surface area contributed by atoms with Gasteiger partial charge in [0.25, 0.3) is 5.91 Å². The zero-order valence-electron chi connectivity index (χ0n) is 17.5. The molecule has 2 aromatic rings. The second-order valence-electron chi connectivity index (χ2n) is 8.23. The zero-order valence-corrected chi connectivity index (χ0v) is 18.3. The number of nitrogens with zero attached hydrogens (tertiary/aromatic N) is 4. The van der Waals surface area contributed by atoms with Crippen molar-refractivity contribution in [3.63, 3.8) is 0 Å². The third-order valence-corrected chi connectivity index (χ3v) is 5.80. The molecule has 31 heavy (non-hydrogen) atoms. The monoisotopic (exact) mass is 441 g/mol. The topological polar surface area (TPSA) is 106 Å². The Morgan fingerprint density at radius 1 is 1.23 bits per heavy atom. The number of carbonyl (C=O) groups is 2. The van der Waals surface area contributed by atoms with Crippen LogP contribution in [0, 0.1) is 0 Å². The molecular formula is C21H23N5O4S. The number of ether oxygens (including phenoxy) is 1. The summed E-state index contributed by atoms with van der Waals surface area (Å²) in [6, 6.07) is 3.87. The molecule has 0 radical (unpaired) electrons. The average Bonchev–Trinajstić information content (AvgIpc) is 3.33. The highest BCUT2D eigenvalue weighted by Crippen LogP contribution is 2.25. The highest BCUT2D eigenvalue weighted by Gasteiger charge is 2.24. The molecule has 4 rings (SSSR count). The van der Waals surface area contributed by atoms with Crippen molar-refractivity contribution in [3.8, 4) is 11.1 Å². The summed E-state index contributed by atoms with van der Waals surface area (Å²) in [5.74, 6) is -0.401. The van der Waals surface area contributed by atoms with Crippen molar-refractivity contribution in [1.29, 1.82) is 0 Å². The summed E-state index contributed by atoms with van der Waals surface area (Å²) < 4.78 is 21.0. The molecule has 0 aromatic carbocycles. The van der Waals surface area contributed by atoms with E-state index in [1.165, 1.54) is 10.8 Å². The lowest BCUT2D eigenvalue weighted by atomic mass is 10.0. The molecule has 0 aliphatic carbocycles. The van der Waals surface area contributed by atoms with Crippen LogP contribution in [-0.2, 0) is 20.5 Å². The van der Waals surface area contributed by atoms with E-state index in [2.05, 4.69) is 14.8 Å². The van der Waals surface area contributed by atoms with Gasteiger partial charge in [0.05, 0.1) is 11.9 Å². The number of hydrogen-bond acceptors (Lipinski definition) is 6. The second kappa shape index (κ2) is 8.10. The van der Waals surface area contributed by atoms with E-state index in [1.54, 1.807) is 23.5 Å². The van der Waals surface area contributed by atoms with Gasteiger partial charge in [0, 0.05) is 42.7 Å². The minimum Gasteiger partial charge on any atom is -0.444 e. The summed E-state index contributed by atoms with van der Waals surface area (Å²) in [4.78, 5) is 29.8. The smallest absolute Gasteiger partial charge is 0.410 e. The van der Waals surface area contributed by atoms with Gasteiger partial charge in [0.2, 0.25) is 0 Å². The number of pyridine rings is 1. The molecule has 0 saturated carbocycles. The van der Waals surface area contributed by atoms with Crippen molar-refractivity contribution < 1.29 is 18.5 Å². The van der Waals surface area contributed by atoms with Gasteiger partial charge >= 0.3 is 6.09 Å². The van der Waals surface area contributed by atoms with Crippen LogP contribution in [0.3, 0.4) is 0 Å². The summed E-state index contributed by atoms with van der Waals surface area (Å²) in [5, 5.41) is 4.49. The molecule has 0 bridgehead atoms. The van der Waals surface area contributed by atoms with E-state index >= 15 is 0 Å². The molecule has 2 amide bonds. The lowest BCUT2D eigenvalue weighted by molar-refractivity contribution is -0.114. The Hall–Kier alpha value is -3.27. The molecule has 2 aliphatic heterocycles. The van der Waals surface area contributed by atoms with Crippen molar-refractivity contribution in [2.24, 2.45) is 0 Å². The van der Waals surface area contributed by atoms with Crippen molar-refractivity contribution in [1.82, 2.24) is 24.4 Å². The third-order valence-electron chi connectivity index (χ3n) is 4.73. The number of amides is 2. The number of rotatable bonds is 3. The van der Waals surface area contributed by atoms with E-state index in [0.717, 1.165) is 22.4 Å². The fourth-order valence-electron chi connectivity index (χ4n) is 3.23. The first kappa shape index (κ1) is 21.0. The normalized spacial score (nSPS) is 19.0. The SMILES string of the molecule is CC(C)(C)OC(=O)N1CC=C(c2ccc(-c3cnn(C4=CC(=O)NS4=O)c3)cn2)CC1. The van der Waals surface area contributed by atoms with Gasteiger partial charge in [-0.1, -0.05) is 12.1 Å². The molecule has 10 heteroatoms. The lowest BCUT2D eigenvalue weighted by Gasteiger charge is -2.29. The Labute approximate surface area is 182 Å². The first-order valence-corrected chi connectivity index (χ1v) is 11.0. The van der Waals surface area contributed by atoms with E-state index in [9.17, 15) is 13.8 Å². The summed E-state index contributed by atoms with van der Waals surface area (Å²) in [6.07, 6.45) is 8.75. The standard InChI is InChI=1S/C21H23N5O4S/c1-21(2,3)30-20(28)25-8-6-14(7-9-25)17-5-4-15(11-22-17)16-12-23-26(13-16)19-10-18(27)24-31(19)29/h4-6,10-13H,7-9H2,1-3H3,(H,24,27). The Morgan fingerprint density at radius 2 is 2.03 bits per heavy atom. The Bertz CT molecular complexity index is 1110. The van der Waals surface area contributed by atoms with Gasteiger partial charge in [-0.05, 0) is 38.8 Å². The van der Waals surface area contributed by atoms with Gasteiger partial charge in [-0.2, -0.15) is 5.10 Å². The van der Waals surface area contributed by atoms with E-state index < -0.39 is 22.5 Å². The number of carbonyl (C=O) groups excluding carboxylic acids is 2. The molecule has 0 saturated heterocycles. The molecule has 2 aromatic heterocycles. The molecule has 1 atom stereocenters. The van der Waals surface area contributed by atoms with E-state index in [1.807, 2.05) is 39.0 Å². The largest absolute Gasteiger partial charge is 0.444 e. The highest BCUT2D eigenvalue weighted by atomic mass is 32.2. The van der Waals surface area contributed by atoms with Crippen LogP contribution in [0.1, 0.15) is 32.9 Å². The van der Waals surface area contributed by atoms with Crippen LogP contribution in [0.25, 0.3) is 21.7 Å². The third kappa shape index (κ3) is 4.74. The van der Waals surface area contributed by atoms with Crippen LogP contribution in [0.4, 0.5) is 4.79 Å². The van der Waals surface area contributed by atoms with Crippen molar-refractivity contribution in [3.05, 3.63) is 48.6 Å². The maximum absolute atomic E-state index is 12.2. The van der Waals surface area contributed by atoms with Crippen LogP contribution in [-0.4, -0.2) is 54.6 Å². The van der Waals surface area contributed by atoms with Crippen LogP contribution in [0.2, 0.25) is 0 Å². The average molecular weight is 442 g/mol. The minimum atomic E-state index is -1.60. The first-order chi connectivity index (χ1) is 14.7. The summed E-state index contributed by atoms with van der Waals surface area (Å²) >= 11 is 0. The van der Waals surface area contributed by atoms with Gasteiger partial charge < -0.3 is 9.64 Å². The maximum Gasteiger partial charge on any atom is 0.410 e. The summed E-state index contributed by atoms with van der Waals surface area (Å²) in [6.45, 7) is 6.62. The van der Waals surface area contributed by atoms with Gasteiger partial charge in [0.1, 0.15) is 5.60 Å². The second-order valence-corrected chi connectivity index (χ2v) is 9.39. The quantitative estimate of drug-likeness (QED) is 0.785. The molecule has 1 N–H and O–H groups in total. The Kier molecular flexibility index (Phi) is 5.48. The van der Waals surface area contributed by atoms with Gasteiger partial charge in [-0.25, -0.2) is 13.7 Å². The van der Waals surface area contributed by atoms with Crippen LogP contribution in [0.5, 0.6) is 0 Å². The predicted molar refractivity (Wildman–Crippen MR) is 116 cm³/mol. The highest BCUT2D eigenvalue weighted by molar-refractivity contribution is 7.93. The summed E-state index contributed by atoms with van der Waals surface area (Å²) in [5.41, 5.74) is 3.07. The van der Waals surface area contributed by atoms with Gasteiger partial charge in [-0.3, -0.25) is 14.5 Å². The molecule has 1 unspecified atom stereocenters. The number of hydrogen-bond donors (Lipinski definition) is 1. The molecule has 4 heterocycles. The van der Waals surface area contributed by atoms with E-state index in [-0.39, 0.29) is 6.09 Å². The van der Waals surface area contributed by atoms with E-state index in [0.29, 0.717) is 24.5 Å². The van der Waals surface area contributed by atoms with Crippen LogP contribution < -0.4 is 4.72 Å². The fraction of sp³-hybridized carbons (Fsp3) is 0.333. The molecule has 0 spiro atoms. The zero-order chi connectivity index (χ0) is 22.2. The Morgan fingerprint density at radius 3 is 2.61 bits per heavy atom. The van der Waals surface area contributed by atoms with Crippen LogP contribution >= 0.6 is 0 Å². The molecule has 9 nitrogen and oxygen atoms in total. The minimum absolute atomic E-state index is 0.294. The lowest BCUT2D eigenvalue weighted by Crippen LogP contribution is -2.39. The number of nitrogens with one attached hydrogen (secondary N) is 1. The van der Waals surface area contributed by atoms with Crippen LogP contribution in [0.15, 0.2) is 42.9 Å². The molecule has 2 aliphatic rings. The van der Waals surface area contributed by atoms with E-state index in [4.69, 9.17) is 4.74 Å². The summed E-state index contributed by atoms with van der Waals surface area (Å²) in [7, 11) is -1.60. The molecule has 0 fully saturated rings. The first-order valence-electron chi connectivity index (χ1n) is 9.82. The maximum atomic E-state index is 12.2. The van der Waals surface area contributed by atoms with Crippen molar-refractivity contribution >= 4 is 33.6 Å². The fourth-order valence-corrected chi connectivity index (χ4v) is 4.06. The van der Waals surface area contributed by atoms with Gasteiger partial charge in [-0.15, -0.1) is 0 Å². The van der Waals surface area contributed by atoms with Crippen molar-refractivity contribution in [2.75, 3.05) is 13.1 Å².